The molecule has 0 saturated carbocycles. The maximum absolute atomic E-state index is 6.58. The molecular weight excluding hydrogens is 472 g/mol. The third-order valence-electron chi connectivity index (χ3n) is 7.72. The van der Waals surface area contributed by atoms with Gasteiger partial charge in [0.25, 0.3) is 0 Å². The first-order valence-electron chi connectivity index (χ1n) is 12.4. The van der Waals surface area contributed by atoms with E-state index in [1.807, 2.05) is 66.7 Å². The number of hydrogen-bond acceptors (Lipinski definition) is 6. The summed E-state index contributed by atoms with van der Waals surface area (Å²) in [7, 11) is 1.66. The fraction of sp³-hybridized carbons (Fsp3) is 0.0625. The topological polar surface area (TPSA) is 123 Å². The third kappa shape index (κ3) is 2.88. The molecule has 8 N–H and O–H groups in total. The van der Waals surface area contributed by atoms with Crippen molar-refractivity contribution in [1.29, 1.82) is 0 Å². The quantitative estimate of drug-likeness (QED) is 0.212. The summed E-state index contributed by atoms with van der Waals surface area (Å²) in [5, 5.41) is 0. The molecule has 0 fully saturated rings. The average molecular weight is 499 g/mol. The molecule has 0 amide bonds. The second-order valence-corrected chi connectivity index (χ2v) is 9.89. The van der Waals surface area contributed by atoms with Crippen LogP contribution in [0.4, 0.5) is 22.7 Å². The van der Waals surface area contributed by atoms with Crippen molar-refractivity contribution in [2.45, 2.75) is 5.41 Å². The number of ether oxygens (including phenoxy) is 2. The van der Waals surface area contributed by atoms with Crippen molar-refractivity contribution >= 4 is 22.7 Å². The Balaban J connectivity index is 1.69. The molecule has 0 bridgehead atoms. The summed E-state index contributed by atoms with van der Waals surface area (Å²) in [6.45, 7) is 0. The Kier molecular flexibility index (Phi) is 4.48. The molecule has 0 aromatic heterocycles. The largest absolute Gasteiger partial charge is 0.497 e. The van der Waals surface area contributed by atoms with Crippen LogP contribution < -0.4 is 32.4 Å². The second kappa shape index (κ2) is 7.70. The predicted octanol–water partition coefficient (Wildman–Crippen LogP) is 6.16. The minimum absolute atomic E-state index is 0.593. The van der Waals surface area contributed by atoms with Crippen LogP contribution in [0.2, 0.25) is 0 Å². The highest BCUT2D eigenvalue weighted by atomic mass is 16.5. The molecule has 5 aromatic rings. The number of hydrogen-bond donors (Lipinski definition) is 4. The van der Waals surface area contributed by atoms with E-state index in [-0.39, 0.29) is 0 Å². The number of methoxy groups -OCH3 is 1. The molecule has 38 heavy (non-hydrogen) atoms. The van der Waals surface area contributed by atoms with Crippen molar-refractivity contribution in [3.05, 3.63) is 113 Å². The first kappa shape index (κ1) is 22.1. The van der Waals surface area contributed by atoms with Crippen LogP contribution in [0, 0.1) is 0 Å². The number of rotatable bonds is 2. The minimum Gasteiger partial charge on any atom is -0.497 e. The van der Waals surface area contributed by atoms with Gasteiger partial charge in [-0.15, -0.1) is 0 Å². The van der Waals surface area contributed by atoms with Gasteiger partial charge in [0.15, 0.2) is 0 Å². The molecule has 7 rings (SSSR count). The Morgan fingerprint density at radius 3 is 1.76 bits per heavy atom. The highest BCUT2D eigenvalue weighted by molar-refractivity contribution is 5.94. The maximum atomic E-state index is 6.58. The molecule has 186 valence electrons. The molecule has 0 unspecified atom stereocenters. The summed E-state index contributed by atoms with van der Waals surface area (Å²) in [5.41, 5.74) is 35.6. The molecule has 0 radical (unpaired) electrons. The van der Waals surface area contributed by atoms with Gasteiger partial charge in [0.05, 0.1) is 12.5 Å². The van der Waals surface area contributed by atoms with Crippen molar-refractivity contribution in [3.8, 4) is 39.5 Å². The maximum Gasteiger partial charge on any atom is 0.134 e. The van der Waals surface area contributed by atoms with Crippen molar-refractivity contribution in [2.24, 2.45) is 0 Å². The second-order valence-electron chi connectivity index (χ2n) is 9.89. The van der Waals surface area contributed by atoms with E-state index in [1.54, 1.807) is 7.11 Å². The normalized spacial score (nSPS) is 13.7. The number of nitrogens with two attached hydrogens (primary N) is 4. The van der Waals surface area contributed by atoms with Gasteiger partial charge in [-0.2, -0.15) is 0 Å². The number of benzene rings is 5. The number of nitrogen functional groups attached to an aromatic ring is 4. The van der Waals surface area contributed by atoms with Crippen LogP contribution in [0.15, 0.2) is 91.0 Å². The molecule has 1 aliphatic heterocycles. The molecule has 1 aliphatic carbocycles. The van der Waals surface area contributed by atoms with E-state index in [4.69, 9.17) is 32.4 Å². The third-order valence-corrected chi connectivity index (χ3v) is 7.72. The molecule has 6 nitrogen and oxygen atoms in total. The van der Waals surface area contributed by atoms with Crippen LogP contribution in [0.5, 0.6) is 17.2 Å². The Morgan fingerprint density at radius 1 is 0.553 bits per heavy atom. The molecule has 0 atom stereocenters. The first-order chi connectivity index (χ1) is 18.4. The highest BCUT2D eigenvalue weighted by Gasteiger charge is 2.52. The molecule has 6 heteroatoms. The van der Waals surface area contributed by atoms with Gasteiger partial charge >= 0.3 is 0 Å². The predicted molar refractivity (Wildman–Crippen MR) is 153 cm³/mol. The Labute approximate surface area is 220 Å². The van der Waals surface area contributed by atoms with Gasteiger partial charge in [-0.05, 0) is 81.9 Å². The van der Waals surface area contributed by atoms with Crippen LogP contribution in [-0.4, -0.2) is 7.11 Å². The lowest BCUT2D eigenvalue weighted by Crippen LogP contribution is -2.33. The van der Waals surface area contributed by atoms with Gasteiger partial charge in [-0.1, -0.05) is 30.3 Å². The van der Waals surface area contributed by atoms with Crippen molar-refractivity contribution in [1.82, 2.24) is 0 Å². The van der Waals surface area contributed by atoms with E-state index in [0.717, 1.165) is 50.3 Å². The summed E-state index contributed by atoms with van der Waals surface area (Å²) >= 11 is 0. The van der Waals surface area contributed by atoms with E-state index in [1.165, 1.54) is 0 Å². The highest BCUT2D eigenvalue weighted by Crippen LogP contribution is 2.64. The minimum atomic E-state index is -0.769. The van der Waals surface area contributed by atoms with Gasteiger partial charge in [-0.3, -0.25) is 0 Å². The zero-order chi connectivity index (χ0) is 26.2. The smallest absolute Gasteiger partial charge is 0.134 e. The van der Waals surface area contributed by atoms with E-state index < -0.39 is 5.41 Å². The Bertz CT molecular complexity index is 1720. The Morgan fingerprint density at radius 2 is 1.13 bits per heavy atom. The molecule has 1 spiro atoms. The molecule has 2 aliphatic rings. The standard InChI is InChI=1S/C32H26N4O2/c1-37-22-7-2-17(3-8-22)25-12-21(36)16-30-31(25)32(26-11-6-20(35)15-29(26)38-30)27-13-18(33)4-9-23(27)24-10-5-19(34)14-28(24)32/h2-16H,33-36H2,1H3. The van der Waals surface area contributed by atoms with Gasteiger partial charge in [0, 0.05) is 46.0 Å². The summed E-state index contributed by atoms with van der Waals surface area (Å²) in [6.07, 6.45) is 0. The van der Waals surface area contributed by atoms with E-state index >= 15 is 0 Å². The molecule has 5 aromatic carbocycles. The zero-order valence-corrected chi connectivity index (χ0v) is 20.8. The number of fused-ring (bicyclic) bond motifs is 9. The lowest BCUT2D eigenvalue weighted by atomic mass is 9.64. The van der Waals surface area contributed by atoms with Crippen LogP contribution in [0.25, 0.3) is 22.3 Å². The van der Waals surface area contributed by atoms with Crippen LogP contribution in [0.3, 0.4) is 0 Å². The lowest BCUT2D eigenvalue weighted by molar-refractivity contribution is 0.415. The fourth-order valence-corrected chi connectivity index (χ4v) is 6.21. The van der Waals surface area contributed by atoms with E-state index in [9.17, 15) is 0 Å². The van der Waals surface area contributed by atoms with Crippen LogP contribution in [0.1, 0.15) is 22.3 Å². The number of anilines is 4. The van der Waals surface area contributed by atoms with Crippen molar-refractivity contribution in [2.75, 3.05) is 30.0 Å². The molecule has 0 saturated heterocycles. The molecule has 1 heterocycles. The lowest BCUT2D eigenvalue weighted by Gasteiger charge is -2.41. The fourth-order valence-electron chi connectivity index (χ4n) is 6.21. The summed E-state index contributed by atoms with van der Waals surface area (Å²) in [4.78, 5) is 0. The summed E-state index contributed by atoms with van der Waals surface area (Å²) in [6, 6.07) is 29.9. The average Bonchev–Trinajstić information content (AvgIpc) is 3.17. The first-order valence-corrected chi connectivity index (χ1v) is 12.4. The summed E-state index contributed by atoms with van der Waals surface area (Å²) < 4.78 is 12.0. The van der Waals surface area contributed by atoms with Gasteiger partial charge in [0.1, 0.15) is 17.2 Å². The van der Waals surface area contributed by atoms with Crippen molar-refractivity contribution < 1.29 is 9.47 Å². The van der Waals surface area contributed by atoms with E-state index in [0.29, 0.717) is 34.2 Å². The van der Waals surface area contributed by atoms with E-state index in [2.05, 4.69) is 24.3 Å². The zero-order valence-electron chi connectivity index (χ0n) is 20.8. The Hall–Kier alpha value is -5.10. The molecular formula is C32H26N4O2. The van der Waals surface area contributed by atoms with Gasteiger partial charge in [-0.25, -0.2) is 0 Å². The van der Waals surface area contributed by atoms with Crippen LogP contribution >= 0.6 is 0 Å². The van der Waals surface area contributed by atoms with Crippen LogP contribution in [-0.2, 0) is 5.41 Å². The van der Waals surface area contributed by atoms with Crippen molar-refractivity contribution in [3.63, 3.8) is 0 Å². The monoisotopic (exact) mass is 498 g/mol. The SMILES string of the molecule is COc1ccc(-c2cc(N)cc3c2C2(c4ccc(N)cc4O3)c3cc(N)ccc3-c3ccc(N)cc32)cc1. The van der Waals surface area contributed by atoms with Gasteiger partial charge in [0.2, 0.25) is 0 Å². The summed E-state index contributed by atoms with van der Waals surface area (Å²) in [5.74, 6) is 2.11. The van der Waals surface area contributed by atoms with Gasteiger partial charge < -0.3 is 32.4 Å².